The summed E-state index contributed by atoms with van der Waals surface area (Å²) in [6.45, 7) is -18.8. The lowest BCUT2D eigenvalue weighted by Crippen LogP contribution is -2.46. The van der Waals surface area contributed by atoms with E-state index in [0.717, 1.165) is 12.1 Å². The van der Waals surface area contributed by atoms with E-state index < -0.39 is 109 Å². The van der Waals surface area contributed by atoms with Crippen molar-refractivity contribution in [2.75, 3.05) is 30.9 Å². The van der Waals surface area contributed by atoms with Gasteiger partial charge >= 0.3 is 5.76 Å². The minimum atomic E-state index is -3.85. The van der Waals surface area contributed by atoms with Gasteiger partial charge in [0, 0.05) is 40.7 Å². The number of para-hydroxylation sites is 1. The van der Waals surface area contributed by atoms with Gasteiger partial charge in [0.15, 0.2) is 5.58 Å². The summed E-state index contributed by atoms with van der Waals surface area (Å²) in [6, 6.07) is -1.82. The SMILES string of the molecule is [2H]c1c([2H])c([2H])c(-c2cccc(C([2H])([2H])N3C([2H])([2H])C([2H])([2H])N(c4c([2H])c([2H])c([2H])c5[nH]c(=O)oc45)C([2H])([2H])C3([2H])[2H])c2)c([2H])c1[2H]. The Labute approximate surface area is 194 Å². The Morgan fingerprint density at radius 1 is 1.03 bits per heavy atom. The molecule has 0 radical (unpaired) electrons. The minimum absolute atomic E-state index is 0.156. The number of H-pyrrole nitrogens is 1. The van der Waals surface area contributed by atoms with Crippen LogP contribution in [0, 0.1) is 0 Å². The lowest BCUT2D eigenvalue weighted by molar-refractivity contribution is 0.250. The third kappa shape index (κ3) is 3.69. The van der Waals surface area contributed by atoms with Gasteiger partial charge < -0.3 is 9.32 Å². The predicted molar refractivity (Wildman–Crippen MR) is 116 cm³/mol. The fourth-order valence-corrected chi connectivity index (χ4v) is 2.64. The highest BCUT2D eigenvalue weighted by Gasteiger charge is 2.20. The molecule has 1 saturated heterocycles. The Hall–Kier alpha value is -3.31. The molecule has 0 amide bonds. The fraction of sp³-hybridized carbons (Fsp3) is 0.208. The average molecular weight is 404 g/mol. The van der Waals surface area contributed by atoms with Gasteiger partial charge in [0.1, 0.15) is 0 Å². The number of anilines is 1. The Balaban J connectivity index is 1.75. The van der Waals surface area contributed by atoms with E-state index in [1.54, 1.807) is 0 Å². The first-order valence-corrected chi connectivity index (χ1v) is 8.28. The van der Waals surface area contributed by atoms with E-state index in [-0.39, 0.29) is 20.9 Å². The molecular formula is C24H23N3O2. The number of oxazole rings is 1. The molecule has 2 heterocycles. The van der Waals surface area contributed by atoms with Gasteiger partial charge in [-0.25, -0.2) is 4.79 Å². The number of piperazine rings is 1. The molecule has 4 aromatic rings. The average Bonchev–Trinajstić information content (AvgIpc) is 3.36. The number of nitrogens with zero attached hydrogens (tertiary/aromatic N) is 2. The number of aromatic nitrogens is 1. The van der Waals surface area contributed by atoms with E-state index in [2.05, 4.69) is 4.98 Å². The van der Waals surface area contributed by atoms with Crippen molar-refractivity contribution in [1.82, 2.24) is 9.88 Å². The van der Waals surface area contributed by atoms with Crippen LogP contribution < -0.4 is 10.7 Å². The van der Waals surface area contributed by atoms with Gasteiger partial charge in [-0.15, -0.1) is 0 Å². The summed E-state index contributed by atoms with van der Waals surface area (Å²) in [5.41, 5.74) is -3.60. The normalized spacial score (nSPS) is 31.5. The topological polar surface area (TPSA) is 52.5 Å². The molecule has 1 N–H and O–H groups in total. The summed E-state index contributed by atoms with van der Waals surface area (Å²) in [5, 5.41) is 0. The Bertz CT molecular complexity index is 1960. The number of nitrogens with one attached hydrogen (secondary N) is 1. The van der Waals surface area contributed by atoms with Crippen molar-refractivity contribution < 1.29 is 29.1 Å². The number of rotatable bonds is 4. The van der Waals surface area contributed by atoms with Gasteiger partial charge in [-0.1, -0.05) is 54.5 Å². The fourth-order valence-electron chi connectivity index (χ4n) is 2.64. The third-order valence-electron chi connectivity index (χ3n) is 3.90. The van der Waals surface area contributed by atoms with Crippen molar-refractivity contribution in [3.63, 3.8) is 0 Å². The summed E-state index contributed by atoms with van der Waals surface area (Å²) < 4.78 is 158. The molecule has 5 nitrogen and oxygen atoms in total. The highest BCUT2D eigenvalue weighted by atomic mass is 16.4. The molecule has 1 fully saturated rings. The second kappa shape index (κ2) is 7.60. The summed E-state index contributed by atoms with van der Waals surface area (Å²) in [5.74, 6) is -1.25. The molecule has 1 aliphatic heterocycles. The van der Waals surface area contributed by atoms with Crippen LogP contribution >= 0.6 is 0 Å². The van der Waals surface area contributed by atoms with Crippen LogP contribution in [0.15, 0.2) is 81.8 Å². The zero-order chi connectivity index (χ0) is 35.6. The first-order chi connectivity index (χ1) is 21.4. The van der Waals surface area contributed by atoms with Gasteiger partial charge in [0.05, 0.1) is 27.7 Å². The summed E-state index contributed by atoms with van der Waals surface area (Å²) >= 11 is 0. The van der Waals surface area contributed by atoms with E-state index in [1.807, 2.05) is 0 Å². The Kier molecular flexibility index (Phi) is 1.81. The van der Waals surface area contributed by atoms with Crippen LogP contribution in [0.5, 0.6) is 0 Å². The molecule has 0 saturated carbocycles. The summed E-state index contributed by atoms with van der Waals surface area (Å²) in [7, 11) is 0. The number of aromatic amines is 1. The smallest absolute Gasteiger partial charge is 0.406 e. The van der Waals surface area contributed by atoms with E-state index >= 15 is 0 Å². The second-order valence-corrected chi connectivity index (χ2v) is 5.75. The van der Waals surface area contributed by atoms with Crippen LogP contribution in [0.25, 0.3) is 22.2 Å². The lowest BCUT2D eigenvalue weighted by atomic mass is 10.0. The second-order valence-electron chi connectivity index (χ2n) is 5.75. The molecule has 29 heavy (non-hydrogen) atoms. The number of fused-ring (bicyclic) bond motifs is 1. The molecule has 3 aromatic carbocycles. The zero-order valence-corrected chi connectivity index (χ0v) is 14.5. The van der Waals surface area contributed by atoms with Gasteiger partial charge in [-0.05, 0) is 34.8 Å². The molecule has 5 heteroatoms. The molecule has 1 aliphatic rings. The van der Waals surface area contributed by atoms with Crippen molar-refractivity contribution >= 4 is 16.8 Å². The molecule has 5 rings (SSSR count). The highest BCUT2D eigenvalue weighted by Crippen LogP contribution is 2.26. The summed E-state index contributed by atoms with van der Waals surface area (Å²) in [6.07, 6.45) is 0. The monoisotopic (exact) mass is 403 g/mol. The van der Waals surface area contributed by atoms with Gasteiger partial charge in [0.25, 0.3) is 0 Å². The Morgan fingerprint density at radius 3 is 2.69 bits per heavy atom. The number of hydrogen-bond acceptors (Lipinski definition) is 4. The number of hydrogen-bond donors (Lipinski definition) is 1. The van der Waals surface area contributed by atoms with Crippen LogP contribution in [0.2, 0.25) is 0 Å². The number of benzene rings is 3. The predicted octanol–water partition coefficient (Wildman–Crippen LogP) is 4.11. The van der Waals surface area contributed by atoms with E-state index in [0.29, 0.717) is 0 Å². The molecule has 0 unspecified atom stereocenters. The molecule has 1 aromatic heterocycles. The maximum atomic E-state index is 12.0. The van der Waals surface area contributed by atoms with Crippen LogP contribution in [-0.4, -0.2) is 35.9 Å². The van der Waals surface area contributed by atoms with Crippen molar-refractivity contribution in [3.8, 4) is 11.1 Å². The minimum Gasteiger partial charge on any atom is -0.406 e. The standard InChI is InChI=1S/C24H23N3O2/c28-24-25-21-10-5-11-22(23(21)29-24)27-14-12-26(13-15-27)17-18-6-4-9-20(16-18)19-7-2-1-3-8-19/h1-11,16H,12-15,17H2,(H,25,28)/i1D,2D,3D,5D,7D,8D,10D,11D,12D2,13D2,14D2,15D2,17D2. The molecular weight excluding hydrogens is 362 g/mol. The quantitative estimate of drug-likeness (QED) is 0.557. The maximum Gasteiger partial charge on any atom is 0.417 e. The largest absolute Gasteiger partial charge is 0.417 e. The van der Waals surface area contributed by atoms with Gasteiger partial charge in [-0.2, -0.15) is 0 Å². The first kappa shape index (κ1) is 6.89. The molecule has 0 spiro atoms. The lowest BCUT2D eigenvalue weighted by Gasteiger charge is -2.36. The van der Waals surface area contributed by atoms with Gasteiger partial charge in [0.2, 0.25) is 0 Å². The van der Waals surface area contributed by atoms with E-state index in [1.165, 1.54) is 12.1 Å². The molecule has 146 valence electrons. The third-order valence-corrected chi connectivity index (χ3v) is 3.90. The van der Waals surface area contributed by atoms with Crippen LogP contribution in [0.4, 0.5) is 5.69 Å². The van der Waals surface area contributed by atoms with Crippen LogP contribution in [0.3, 0.4) is 0 Å². The zero-order valence-electron chi connectivity index (χ0n) is 32.5. The molecule has 0 bridgehead atoms. The van der Waals surface area contributed by atoms with Crippen LogP contribution in [0.1, 0.15) is 30.2 Å². The summed E-state index contributed by atoms with van der Waals surface area (Å²) in [4.78, 5) is 13.6. The Morgan fingerprint density at radius 2 is 1.86 bits per heavy atom. The highest BCUT2D eigenvalue weighted by molar-refractivity contribution is 5.86. The molecule has 0 atom stereocenters. The van der Waals surface area contributed by atoms with Gasteiger partial charge in [-0.3, -0.25) is 9.88 Å². The molecule has 0 aliphatic carbocycles. The van der Waals surface area contributed by atoms with E-state index in [9.17, 15) is 4.79 Å². The maximum absolute atomic E-state index is 12.0. The van der Waals surface area contributed by atoms with Crippen molar-refractivity contribution in [2.45, 2.75) is 6.50 Å². The van der Waals surface area contributed by atoms with E-state index in [4.69, 9.17) is 29.1 Å². The van der Waals surface area contributed by atoms with Crippen LogP contribution in [-0.2, 0) is 6.50 Å². The first-order valence-electron chi connectivity index (χ1n) is 17.3. The van der Waals surface area contributed by atoms with Crippen molar-refractivity contribution in [3.05, 3.63) is 88.7 Å². The van der Waals surface area contributed by atoms with Crippen molar-refractivity contribution in [1.29, 1.82) is 0 Å². The van der Waals surface area contributed by atoms with Crippen molar-refractivity contribution in [2.24, 2.45) is 0 Å².